The van der Waals surface area contributed by atoms with E-state index in [1.807, 2.05) is 24.3 Å². The molecule has 0 bridgehead atoms. The lowest BCUT2D eigenvalue weighted by molar-refractivity contribution is 0.102. The highest BCUT2D eigenvalue weighted by Crippen LogP contribution is 2.22. The van der Waals surface area contributed by atoms with Gasteiger partial charge in [0.05, 0.1) is 5.69 Å². The van der Waals surface area contributed by atoms with Crippen molar-refractivity contribution in [3.05, 3.63) is 61.1 Å². The molecule has 2 nitrogen and oxygen atoms in total. The summed E-state index contributed by atoms with van der Waals surface area (Å²) in [6.45, 7) is 0. The highest BCUT2D eigenvalue weighted by atomic mass is 127. The van der Waals surface area contributed by atoms with E-state index in [0.717, 1.165) is 13.7 Å². The summed E-state index contributed by atoms with van der Waals surface area (Å²) in [6, 6.07) is 12.7. The van der Waals surface area contributed by atoms with Gasteiger partial charge in [0.15, 0.2) is 0 Å². The topological polar surface area (TPSA) is 29.1 Å². The molecule has 0 atom stereocenters. The molecule has 0 aliphatic carbocycles. The second kappa shape index (κ2) is 6.04. The van der Waals surface area contributed by atoms with Crippen molar-refractivity contribution >= 4 is 61.7 Å². The van der Waals surface area contributed by atoms with Crippen LogP contribution in [0.5, 0.6) is 0 Å². The average Bonchev–Trinajstić information content (AvgIpc) is 2.31. The molecular weight excluding hydrogens is 428 g/mol. The number of rotatable bonds is 2. The maximum atomic E-state index is 12.1. The average molecular weight is 436 g/mol. The summed E-state index contributed by atoms with van der Waals surface area (Å²) in [5.41, 5.74) is 1.31. The first kappa shape index (κ1) is 13.8. The summed E-state index contributed by atoms with van der Waals surface area (Å²) in [4.78, 5) is 12.1. The van der Waals surface area contributed by atoms with Crippen LogP contribution < -0.4 is 5.32 Å². The Hall–Kier alpha value is -0.590. The van der Waals surface area contributed by atoms with Crippen molar-refractivity contribution < 1.29 is 4.79 Å². The molecule has 0 saturated heterocycles. The summed E-state index contributed by atoms with van der Waals surface area (Å²) in [5, 5.41) is 3.38. The number of nitrogens with one attached hydrogen (secondary N) is 1. The molecule has 1 N–H and O–H groups in total. The Labute approximate surface area is 132 Å². The molecule has 0 saturated carbocycles. The fourth-order valence-corrected chi connectivity index (χ4v) is 2.82. The predicted molar refractivity (Wildman–Crippen MR) is 86.3 cm³/mol. The minimum atomic E-state index is -0.178. The van der Waals surface area contributed by atoms with Crippen LogP contribution in [0.15, 0.2) is 46.9 Å². The fraction of sp³-hybridized carbons (Fsp3) is 0. The van der Waals surface area contributed by atoms with Gasteiger partial charge in [-0.25, -0.2) is 0 Å². The number of anilines is 1. The molecule has 2 aromatic carbocycles. The lowest BCUT2D eigenvalue weighted by Gasteiger charge is -2.07. The number of amides is 1. The molecule has 0 aliphatic rings. The summed E-state index contributed by atoms with van der Waals surface area (Å²) in [6.07, 6.45) is 0. The Morgan fingerprint density at radius 1 is 1.22 bits per heavy atom. The van der Waals surface area contributed by atoms with Gasteiger partial charge in [-0.3, -0.25) is 4.79 Å². The Kier molecular flexibility index (Phi) is 4.64. The van der Waals surface area contributed by atoms with Crippen LogP contribution in [0.3, 0.4) is 0 Å². The van der Waals surface area contributed by atoms with E-state index in [2.05, 4.69) is 43.8 Å². The summed E-state index contributed by atoms with van der Waals surface area (Å²) in [5.74, 6) is -0.178. The van der Waals surface area contributed by atoms with Crippen LogP contribution in [-0.2, 0) is 0 Å². The van der Waals surface area contributed by atoms with Crippen molar-refractivity contribution in [1.82, 2.24) is 0 Å². The third kappa shape index (κ3) is 3.46. The van der Waals surface area contributed by atoms with Crippen molar-refractivity contribution in [3.63, 3.8) is 0 Å². The number of carbonyl (C=O) groups excluding carboxylic acids is 1. The van der Waals surface area contributed by atoms with Crippen LogP contribution in [0.2, 0.25) is 5.02 Å². The van der Waals surface area contributed by atoms with Crippen molar-refractivity contribution in [2.75, 3.05) is 5.32 Å². The van der Waals surface area contributed by atoms with E-state index in [0.29, 0.717) is 10.6 Å². The number of hydrogen-bond donors (Lipinski definition) is 1. The van der Waals surface area contributed by atoms with E-state index >= 15 is 0 Å². The van der Waals surface area contributed by atoms with Gasteiger partial charge in [-0.05, 0) is 52.9 Å². The quantitative estimate of drug-likeness (QED) is 0.663. The SMILES string of the molecule is O=C(Nc1ccccc1I)c1cc(Cl)cc(Br)c1. The van der Waals surface area contributed by atoms with Gasteiger partial charge >= 0.3 is 0 Å². The molecule has 92 valence electrons. The first-order valence-corrected chi connectivity index (χ1v) is 7.33. The lowest BCUT2D eigenvalue weighted by Crippen LogP contribution is -2.12. The van der Waals surface area contributed by atoms with Crippen LogP contribution in [-0.4, -0.2) is 5.91 Å². The summed E-state index contributed by atoms with van der Waals surface area (Å²) >= 11 is 11.4. The third-order valence-electron chi connectivity index (χ3n) is 2.25. The number of para-hydroxylation sites is 1. The van der Waals surface area contributed by atoms with E-state index in [4.69, 9.17) is 11.6 Å². The van der Waals surface area contributed by atoms with Gasteiger partial charge in [0, 0.05) is 18.6 Å². The van der Waals surface area contributed by atoms with Gasteiger partial charge in [0.2, 0.25) is 0 Å². The minimum Gasteiger partial charge on any atom is -0.321 e. The molecule has 0 heterocycles. The Morgan fingerprint density at radius 2 is 1.94 bits per heavy atom. The van der Waals surface area contributed by atoms with Gasteiger partial charge in [-0.2, -0.15) is 0 Å². The van der Waals surface area contributed by atoms with E-state index in [1.165, 1.54) is 0 Å². The molecule has 0 fully saturated rings. The molecule has 18 heavy (non-hydrogen) atoms. The molecular formula is C13H8BrClINO. The second-order valence-corrected chi connectivity index (χ2v) is 6.11. The van der Waals surface area contributed by atoms with Gasteiger partial charge in [-0.1, -0.05) is 39.7 Å². The second-order valence-electron chi connectivity index (χ2n) is 3.59. The van der Waals surface area contributed by atoms with Crippen molar-refractivity contribution in [2.24, 2.45) is 0 Å². The van der Waals surface area contributed by atoms with Crippen LogP contribution in [0.1, 0.15) is 10.4 Å². The Balaban J connectivity index is 2.25. The third-order valence-corrected chi connectivity index (χ3v) is 3.86. The van der Waals surface area contributed by atoms with Gasteiger partial charge in [0.1, 0.15) is 0 Å². The van der Waals surface area contributed by atoms with Crippen molar-refractivity contribution in [1.29, 1.82) is 0 Å². The zero-order valence-corrected chi connectivity index (χ0v) is 13.6. The monoisotopic (exact) mass is 435 g/mol. The van der Waals surface area contributed by atoms with Crippen LogP contribution in [0, 0.1) is 3.57 Å². The molecule has 0 unspecified atom stereocenters. The molecule has 1 amide bonds. The zero-order valence-electron chi connectivity index (χ0n) is 9.08. The zero-order chi connectivity index (χ0) is 13.1. The van der Waals surface area contributed by atoms with E-state index in [9.17, 15) is 4.79 Å². The van der Waals surface area contributed by atoms with E-state index in [1.54, 1.807) is 18.2 Å². The Bertz CT molecular complexity index is 583. The maximum Gasteiger partial charge on any atom is 0.255 e. The standard InChI is InChI=1S/C13H8BrClINO/c14-9-5-8(6-10(15)7-9)13(18)17-12-4-2-1-3-11(12)16/h1-7H,(H,17,18). The largest absolute Gasteiger partial charge is 0.321 e. The molecule has 0 aliphatic heterocycles. The van der Waals surface area contributed by atoms with Crippen molar-refractivity contribution in [2.45, 2.75) is 0 Å². The van der Waals surface area contributed by atoms with E-state index < -0.39 is 0 Å². The number of carbonyl (C=O) groups is 1. The first-order valence-electron chi connectivity index (χ1n) is 5.08. The molecule has 2 rings (SSSR count). The normalized spacial score (nSPS) is 10.2. The Morgan fingerprint density at radius 3 is 2.61 bits per heavy atom. The lowest BCUT2D eigenvalue weighted by atomic mass is 10.2. The molecule has 0 spiro atoms. The predicted octanol–water partition coefficient (Wildman–Crippen LogP) is 4.96. The molecule has 2 aromatic rings. The summed E-state index contributed by atoms with van der Waals surface area (Å²) in [7, 11) is 0. The minimum absolute atomic E-state index is 0.178. The molecule has 0 radical (unpaired) electrons. The van der Waals surface area contributed by atoms with Crippen LogP contribution in [0.4, 0.5) is 5.69 Å². The molecule has 0 aromatic heterocycles. The van der Waals surface area contributed by atoms with E-state index in [-0.39, 0.29) is 5.91 Å². The van der Waals surface area contributed by atoms with Gasteiger partial charge in [0.25, 0.3) is 5.91 Å². The summed E-state index contributed by atoms with van der Waals surface area (Å²) < 4.78 is 1.77. The van der Waals surface area contributed by atoms with Gasteiger partial charge < -0.3 is 5.32 Å². The highest BCUT2D eigenvalue weighted by molar-refractivity contribution is 14.1. The first-order chi connectivity index (χ1) is 8.56. The maximum absolute atomic E-state index is 12.1. The van der Waals surface area contributed by atoms with Gasteiger partial charge in [-0.15, -0.1) is 0 Å². The number of hydrogen-bond acceptors (Lipinski definition) is 1. The highest BCUT2D eigenvalue weighted by Gasteiger charge is 2.09. The molecule has 5 heteroatoms. The van der Waals surface area contributed by atoms with Crippen LogP contribution >= 0.6 is 50.1 Å². The van der Waals surface area contributed by atoms with Crippen molar-refractivity contribution in [3.8, 4) is 0 Å². The van der Waals surface area contributed by atoms with Crippen LogP contribution in [0.25, 0.3) is 0 Å². The number of benzene rings is 2. The number of halogens is 3. The fourth-order valence-electron chi connectivity index (χ4n) is 1.44. The smallest absolute Gasteiger partial charge is 0.255 e.